The number of aliphatic hydroxyl groups is 1. The predicted molar refractivity (Wildman–Crippen MR) is 69.6 cm³/mol. The van der Waals surface area contributed by atoms with E-state index in [1.807, 2.05) is 12.1 Å². The van der Waals surface area contributed by atoms with Crippen LogP contribution in [-0.4, -0.2) is 37.2 Å². The van der Waals surface area contributed by atoms with Crippen molar-refractivity contribution in [2.75, 3.05) is 20.3 Å². The number of amides is 2. The average molecular weight is 266 g/mol. The van der Waals surface area contributed by atoms with Gasteiger partial charge in [-0.05, 0) is 24.1 Å². The maximum Gasteiger partial charge on any atom is 0.309 e. The lowest BCUT2D eigenvalue weighted by Gasteiger charge is -2.06. The van der Waals surface area contributed by atoms with Gasteiger partial charge in [-0.1, -0.05) is 12.1 Å². The van der Waals surface area contributed by atoms with Gasteiger partial charge in [-0.15, -0.1) is 0 Å². The second-order valence-electron chi connectivity index (χ2n) is 3.86. The Labute approximate surface area is 111 Å². The van der Waals surface area contributed by atoms with E-state index in [0.717, 1.165) is 11.3 Å². The highest BCUT2D eigenvalue weighted by Crippen LogP contribution is 2.10. The Morgan fingerprint density at radius 2 is 1.79 bits per heavy atom. The molecular formula is C13H18N2O4. The Bertz CT molecular complexity index is 417. The highest BCUT2D eigenvalue weighted by atomic mass is 16.5. The molecule has 104 valence electrons. The van der Waals surface area contributed by atoms with Crippen LogP contribution in [0.2, 0.25) is 0 Å². The van der Waals surface area contributed by atoms with Crippen LogP contribution in [0, 0.1) is 0 Å². The molecule has 0 atom stereocenters. The number of hydrogen-bond acceptors (Lipinski definition) is 4. The molecule has 1 rings (SSSR count). The van der Waals surface area contributed by atoms with Crippen molar-refractivity contribution in [3.05, 3.63) is 29.8 Å². The van der Waals surface area contributed by atoms with Crippen molar-refractivity contribution in [1.29, 1.82) is 0 Å². The standard InChI is InChI=1S/C13H18N2O4/c1-19-11-5-3-10(4-6-11)9-15-13(18)12(17)14-7-2-8-16/h3-6,16H,2,7-9H2,1H3,(H,14,17)(H,15,18). The Kier molecular flexibility index (Phi) is 6.38. The fourth-order valence-corrected chi connectivity index (χ4v) is 1.37. The van der Waals surface area contributed by atoms with Crippen molar-refractivity contribution in [2.45, 2.75) is 13.0 Å². The third kappa shape index (κ3) is 5.39. The molecule has 0 bridgehead atoms. The maximum atomic E-state index is 11.4. The molecule has 0 radical (unpaired) electrons. The van der Waals surface area contributed by atoms with Gasteiger partial charge in [-0.3, -0.25) is 9.59 Å². The average Bonchev–Trinajstić information content (AvgIpc) is 2.45. The number of methoxy groups -OCH3 is 1. The van der Waals surface area contributed by atoms with E-state index in [1.54, 1.807) is 19.2 Å². The molecule has 1 aromatic carbocycles. The number of benzene rings is 1. The summed E-state index contributed by atoms with van der Waals surface area (Å²) >= 11 is 0. The van der Waals surface area contributed by atoms with Crippen molar-refractivity contribution in [3.8, 4) is 5.75 Å². The molecule has 0 aliphatic heterocycles. The molecular weight excluding hydrogens is 248 g/mol. The summed E-state index contributed by atoms with van der Waals surface area (Å²) in [5, 5.41) is 13.5. The molecule has 0 spiro atoms. The van der Waals surface area contributed by atoms with Gasteiger partial charge < -0.3 is 20.5 Å². The number of hydrogen-bond donors (Lipinski definition) is 3. The Hall–Kier alpha value is -2.08. The van der Waals surface area contributed by atoms with Crippen molar-refractivity contribution >= 4 is 11.8 Å². The second-order valence-corrected chi connectivity index (χ2v) is 3.86. The lowest BCUT2D eigenvalue weighted by molar-refractivity contribution is -0.139. The minimum atomic E-state index is -0.693. The van der Waals surface area contributed by atoms with E-state index in [2.05, 4.69) is 10.6 Å². The van der Waals surface area contributed by atoms with Crippen molar-refractivity contribution < 1.29 is 19.4 Å². The molecule has 3 N–H and O–H groups in total. The van der Waals surface area contributed by atoms with Gasteiger partial charge in [0.15, 0.2) is 0 Å². The molecule has 0 aromatic heterocycles. The van der Waals surface area contributed by atoms with Crippen LogP contribution in [0.15, 0.2) is 24.3 Å². The predicted octanol–water partition coefficient (Wildman–Crippen LogP) is -0.190. The first-order valence-corrected chi connectivity index (χ1v) is 5.97. The monoisotopic (exact) mass is 266 g/mol. The quantitative estimate of drug-likeness (QED) is 0.492. The molecule has 6 heteroatoms. The number of carbonyl (C=O) groups is 2. The Morgan fingerprint density at radius 1 is 1.16 bits per heavy atom. The molecule has 0 saturated carbocycles. The van der Waals surface area contributed by atoms with Crippen LogP contribution in [0.3, 0.4) is 0 Å². The summed E-state index contributed by atoms with van der Waals surface area (Å²) in [4.78, 5) is 22.7. The van der Waals surface area contributed by atoms with E-state index in [0.29, 0.717) is 6.42 Å². The van der Waals surface area contributed by atoms with Gasteiger partial charge >= 0.3 is 11.8 Å². The van der Waals surface area contributed by atoms with Crippen LogP contribution in [0.1, 0.15) is 12.0 Å². The fraction of sp³-hybridized carbons (Fsp3) is 0.385. The van der Waals surface area contributed by atoms with Crippen molar-refractivity contribution in [2.24, 2.45) is 0 Å². The summed E-state index contributed by atoms with van der Waals surface area (Å²) in [5.41, 5.74) is 0.873. The zero-order valence-electron chi connectivity index (χ0n) is 10.8. The molecule has 0 saturated heterocycles. The van der Waals surface area contributed by atoms with Crippen LogP contribution in [0.4, 0.5) is 0 Å². The van der Waals surface area contributed by atoms with Crippen molar-refractivity contribution in [1.82, 2.24) is 10.6 Å². The van der Waals surface area contributed by atoms with E-state index < -0.39 is 11.8 Å². The number of ether oxygens (including phenoxy) is 1. The normalized spacial score (nSPS) is 9.79. The molecule has 2 amide bonds. The lowest BCUT2D eigenvalue weighted by Crippen LogP contribution is -2.40. The lowest BCUT2D eigenvalue weighted by atomic mass is 10.2. The molecule has 0 aliphatic rings. The highest BCUT2D eigenvalue weighted by molar-refractivity contribution is 6.35. The summed E-state index contributed by atoms with van der Waals surface area (Å²) in [7, 11) is 1.58. The topological polar surface area (TPSA) is 87.7 Å². The van der Waals surface area contributed by atoms with E-state index in [4.69, 9.17) is 9.84 Å². The van der Waals surface area contributed by atoms with Crippen LogP contribution in [0.5, 0.6) is 5.75 Å². The number of rotatable bonds is 6. The number of carbonyl (C=O) groups excluding carboxylic acids is 2. The summed E-state index contributed by atoms with van der Waals surface area (Å²) < 4.78 is 5.02. The highest BCUT2D eigenvalue weighted by Gasteiger charge is 2.11. The van der Waals surface area contributed by atoms with E-state index in [1.165, 1.54) is 0 Å². The summed E-state index contributed by atoms with van der Waals surface area (Å²) in [6.45, 7) is 0.537. The SMILES string of the molecule is COc1ccc(CNC(=O)C(=O)NCCCO)cc1. The van der Waals surface area contributed by atoms with Gasteiger partial charge in [-0.25, -0.2) is 0 Å². The minimum absolute atomic E-state index is 0.0201. The first-order chi connectivity index (χ1) is 9.17. The number of nitrogens with one attached hydrogen (secondary N) is 2. The summed E-state index contributed by atoms with van der Waals surface area (Å²) in [6, 6.07) is 7.18. The van der Waals surface area contributed by atoms with Crippen LogP contribution >= 0.6 is 0 Å². The van der Waals surface area contributed by atoms with E-state index in [-0.39, 0.29) is 19.7 Å². The molecule has 0 heterocycles. The van der Waals surface area contributed by atoms with Crippen LogP contribution in [-0.2, 0) is 16.1 Å². The van der Waals surface area contributed by atoms with Gasteiger partial charge in [-0.2, -0.15) is 0 Å². The van der Waals surface area contributed by atoms with Crippen LogP contribution < -0.4 is 15.4 Å². The molecule has 0 aliphatic carbocycles. The van der Waals surface area contributed by atoms with E-state index >= 15 is 0 Å². The Morgan fingerprint density at radius 3 is 2.37 bits per heavy atom. The van der Waals surface area contributed by atoms with Crippen molar-refractivity contribution in [3.63, 3.8) is 0 Å². The fourth-order valence-electron chi connectivity index (χ4n) is 1.37. The first-order valence-electron chi connectivity index (χ1n) is 5.97. The minimum Gasteiger partial charge on any atom is -0.497 e. The zero-order chi connectivity index (χ0) is 14.1. The third-order valence-electron chi connectivity index (χ3n) is 2.44. The molecule has 6 nitrogen and oxygen atoms in total. The van der Waals surface area contributed by atoms with Gasteiger partial charge in [0, 0.05) is 19.7 Å². The molecule has 1 aromatic rings. The van der Waals surface area contributed by atoms with Gasteiger partial charge in [0.2, 0.25) is 0 Å². The smallest absolute Gasteiger partial charge is 0.309 e. The first kappa shape index (κ1) is 15.0. The van der Waals surface area contributed by atoms with Gasteiger partial charge in [0.05, 0.1) is 7.11 Å². The molecule has 19 heavy (non-hydrogen) atoms. The number of aliphatic hydroxyl groups excluding tert-OH is 1. The largest absolute Gasteiger partial charge is 0.497 e. The zero-order valence-corrected chi connectivity index (χ0v) is 10.8. The third-order valence-corrected chi connectivity index (χ3v) is 2.44. The van der Waals surface area contributed by atoms with Gasteiger partial charge in [0.1, 0.15) is 5.75 Å². The second kappa shape index (κ2) is 8.10. The van der Waals surface area contributed by atoms with Gasteiger partial charge in [0.25, 0.3) is 0 Å². The molecule has 0 fully saturated rings. The summed E-state index contributed by atoms with van der Waals surface area (Å²) in [6.07, 6.45) is 0.428. The summed E-state index contributed by atoms with van der Waals surface area (Å²) in [5.74, 6) is -0.646. The molecule has 0 unspecified atom stereocenters. The van der Waals surface area contributed by atoms with Crippen LogP contribution in [0.25, 0.3) is 0 Å². The Balaban J connectivity index is 2.34. The maximum absolute atomic E-state index is 11.4. The van der Waals surface area contributed by atoms with E-state index in [9.17, 15) is 9.59 Å².